The lowest BCUT2D eigenvalue weighted by atomic mass is 10.0. The third kappa shape index (κ3) is 1.91. The lowest BCUT2D eigenvalue weighted by Gasteiger charge is -2.08. The van der Waals surface area contributed by atoms with Gasteiger partial charge in [0.05, 0.1) is 12.7 Å². The van der Waals surface area contributed by atoms with Crippen molar-refractivity contribution in [3.8, 4) is 5.75 Å². The highest BCUT2D eigenvalue weighted by atomic mass is 16.5. The number of para-hydroxylation sites is 1. The minimum atomic E-state index is -0.0840. The van der Waals surface area contributed by atoms with Gasteiger partial charge in [-0.3, -0.25) is 4.79 Å². The lowest BCUT2D eigenvalue weighted by Crippen LogP contribution is -2.04. The van der Waals surface area contributed by atoms with E-state index in [1.807, 2.05) is 24.3 Å². The number of aromatic amines is 1. The Bertz CT molecular complexity index is 790. The lowest BCUT2D eigenvalue weighted by molar-refractivity contribution is 0.103. The van der Waals surface area contributed by atoms with Crippen LogP contribution in [0.15, 0.2) is 48.7 Å². The number of methoxy groups -OCH3 is 1. The minimum absolute atomic E-state index is 0.0840. The summed E-state index contributed by atoms with van der Waals surface area (Å²) in [4.78, 5) is 15.8. The molecule has 0 saturated carbocycles. The fraction of sp³-hybridized carbons (Fsp3) is 0.0625. The number of carbonyl (C=O) groups excluding carboxylic acids is 1. The highest BCUT2D eigenvalue weighted by Crippen LogP contribution is 2.27. The van der Waals surface area contributed by atoms with Crippen LogP contribution in [0.4, 0.5) is 5.69 Å². The number of H-pyrrole nitrogens is 1. The SMILES string of the molecule is COc1cc(N)ccc1C(=O)c1c[nH]c2ccccc12. The molecule has 2 aromatic carbocycles. The maximum absolute atomic E-state index is 12.7. The van der Waals surface area contributed by atoms with Crippen LogP contribution in [0.2, 0.25) is 0 Å². The third-order valence-corrected chi connectivity index (χ3v) is 3.30. The van der Waals surface area contributed by atoms with Crippen LogP contribution in [-0.2, 0) is 0 Å². The Labute approximate surface area is 116 Å². The van der Waals surface area contributed by atoms with E-state index in [9.17, 15) is 4.79 Å². The summed E-state index contributed by atoms with van der Waals surface area (Å²) in [7, 11) is 1.53. The Kier molecular flexibility index (Phi) is 2.91. The van der Waals surface area contributed by atoms with Gasteiger partial charge >= 0.3 is 0 Å². The molecule has 100 valence electrons. The summed E-state index contributed by atoms with van der Waals surface area (Å²) in [5.74, 6) is 0.402. The minimum Gasteiger partial charge on any atom is -0.496 e. The third-order valence-electron chi connectivity index (χ3n) is 3.30. The first-order chi connectivity index (χ1) is 9.70. The van der Waals surface area contributed by atoms with Crippen molar-refractivity contribution in [2.45, 2.75) is 0 Å². The average Bonchev–Trinajstić information content (AvgIpc) is 2.90. The summed E-state index contributed by atoms with van der Waals surface area (Å²) in [5, 5.41) is 0.899. The predicted molar refractivity (Wildman–Crippen MR) is 79.1 cm³/mol. The summed E-state index contributed by atoms with van der Waals surface area (Å²) in [6.45, 7) is 0. The molecule has 0 radical (unpaired) electrons. The van der Waals surface area contributed by atoms with E-state index in [1.165, 1.54) is 7.11 Å². The molecule has 3 aromatic rings. The number of ketones is 1. The number of anilines is 1. The number of aromatic nitrogens is 1. The van der Waals surface area contributed by atoms with Crippen LogP contribution >= 0.6 is 0 Å². The van der Waals surface area contributed by atoms with Crippen LogP contribution in [0.1, 0.15) is 15.9 Å². The van der Waals surface area contributed by atoms with E-state index in [1.54, 1.807) is 24.4 Å². The number of nitrogen functional groups attached to an aromatic ring is 1. The number of hydrogen-bond donors (Lipinski definition) is 2. The molecule has 0 fully saturated rings. The van der Waals surface area contributed by atoms with Crippen molar-refractivity contribution in [3.05, 3.63) is 59.8 Å². The Balaban J connectivity index is 2.13. The molecule has 4 nitrogen and oxygen atoms in total. The van der Waals surface area contributed by atoms with Crippen molar-refractivity contribution in [1.29, 1.82) is 0 Å². The topological polar surface area (TPSA) is 68.1 Å². The van der Waals surface area contributed by atoms with E-state index in [0.717, 1.165) is 10.9 Å². The van der Waals surface area contributed by atoms with Crippen LogP contribution in [0.25, 0.3) is 10.9 Å². The van der Waals surface area contributed by atoms with Gasteiger partial charge in [0.25, 0.3) is 0 Å². The number of nitrogens with two attached hydrogens (primary N) is 1. The van der Waals surface area contributed by atoms with Gasteiger partial charge in [-0.05, 0) is 18.2 Å². The van der Waals surface area contributed by atoms with Gasteiger partial charge in [-0.2, -0.15) is 0 Å². The first-order valence-corrected chi connectivity index (χ1v) is 6.25. The molecule has 1 aromatic heterocycles. The molecule has 0 amide bonds. The van der Waals surface area contributed by atoms with Crippen molar-refractivity contribution < 1.29 is 9.53 Å². The second kappa shape index (κ2) is 4.74. The molecule has 0 bridgehead atoms. The summed E-state index contributed by atoms with van der Waals surface area (Å²) >= 11 is 0. The number of rotatable bonds is 3. The molecule has 0 aliphatic rings. The van der Waals surface area contributed by atoms with E-state index >= 15 is 0 Å². The van der Waals surface area contributed by atoms with Gasteiger partial charge in [-0.25, -0.2) is 0 Å². The Hall–Kier alpha value is -2.75. The number of ether oxygens (including phenoxy) is 1. The molecule has 3 rings (SSSR count). The van der Waals surface area contributed by atoms with Crippen LogP contribution in [0.5, 0.6) is 5.75 Å². The maximum atomic E-state index is 12.7. The van der Waals surface area contributed by atoms with Crippen LogP contribution < -0.4 is 10.5 Å². The van der Waals surface area contributed by atoms with Crippen molar-refractivity contribution in [2.75, 3.05) is 12.8 Å². The largest absolute Gasteiger partial charge is 0.496 e. The van der Waals surface area contributed by atoms with Crippen molar-refractivity contribution in [1.82, 2.24) is 4.98 Å². The molecule has 3 N–H and O–H groups in total. The second-order valence-corrected chi connectivity index (χ2v) is 4.54. The molecule has 4 heteroatoms. The van der Waals surface area contributed by atoms with Gasteiger partial charge in [-0.1, -0.05) is 18.2 Å². The van der Waals surface area contributed by atoms with E-state index in [2.05, 4.69) is 4.98 Å². The highest BCUT2D eigenvalue weighted by molar-refractivity contribution is 6.17. The smallest absolute Gasteiger partial charge is 0.198 e. The summed E-state index contributed by atoms with van der Waals surface area (Å²) < 4.78 is 5.25. The van der Waals surface area contributed by atoms with Crippen molar-refractivity contribution in [3.63, 3.8) is 0 Å². The van der Waals surface area contributed by atoms with Crippen LogP contribution in [0.3, 0.4) is 0 Å². The number of hydrogen-bond acceptors (Lipinski definition) is 3. The zero-order valence-corrected chi connectivity index (χ0v) is 11.0. The Morgan fingerprint density at radius 2 is 1.95 bits per heavy atom. The number of carbonyl (C=O) groups is 1. The quantitative estimate of drug-likeness (QED) is 0.565. The summed E-state index contributed by atoms with van der Waals surface area (Å²) in [6, 6.07) is 12.7. The molecule has 0 saturated heterocycles. The normalized spacial score (nSPS) is 10.7. The molecule has 0 spiro atoms. The van der Waals surface area contributed by atoms with Crippen molar-refractivity contribution in [2.24, 2.45) is 0 Å². The van der Waals surface area contributed by atoms with E-state index < -0.39 is 0 Å². The molecule has 0 aliphatic heterocycles. The summed E-state index contributed by atoms with van der Waals surface area (Å²) in [6.07, 6.45) is 1.72. The molecule has 0 unspecified atom stereocenters. The fourth-order valence-corrected chi connectivity index (χ4v) is 2.30. The van der Waals surface area contributed by atoms with Crippen LogP contribution in [-0.4, -0.2) is 17.9 Å². The Morgan fingerprint density at radius 3 is 2.75 bits per heavy atom. The van der Waals surface area contributed by atoms with Crippen LogP contribution in [0, 0.1) is 0 Å². The zero-order chi connectivity index (χ0) is 14.1. The molecular formula is C16H14N2O2. The van der Waals surface area contributed by atoms with Gasteiger partial charge in [0.2, 0.25) is 0 Å². The van der Waals surface area contributed by atoms with Gasteiger partial charge in [0, 0.05) is 34.4 Å². The van der Waals surface area contributed by atoms with Crippen molar-refractivity contribution >= 4 is 22.4 Å². The highest BCUT2D eigenvalue weighted by Gasteiger charge is 2.17. The Morgan fingerprint density at radius 1 is 1.15 bits per heavy atom. The van der Waals surface area contributed by atoms with Gasteiger partial charge < -0.3 is 15.5 Å². The number of benzene rings is 2. The molecular weight excluding hydrogens is 252 g/mol. The number of nitrogens with one attached hydrogen (secondary N) is 1. The first kappa shape index (κ1) is 12.3. The maximum Gasteiger partial charge on any atom is 0.198 e. The van der Waals surface area contributed by atoms with E-state index in [4.69, 9.17) is 10.5 Å². The van der Waals surface area contributed by atoms with Gasteiger partial charge in [-0.15, -0.1) is 0 Å². The summed E-state index contributed by atoms with van der Waals surface area (Å²) in [5.41, 5.74) is 8.35. The number of fused-ring (bicyclic) bond motifs is 1. The standard InChI is InChI=1S/C16H14N2O2/c1-20-15-8-10(17)6-7-12(15)16(19)13-9-18-14-5-3-2-4-11(13)14/h2-9,18H,17H2,1H3. The average molecular weight is 266 g/mol. The van der Waals surface area contributed by atoms with Gasteiger partial charge in [0.15, 0.2) is 5.78 Å². The molecule has 0 aliphatic carbocycles. The monoisotopic (exact) mass is 266 g/mol. The zero-order valence-electron chi connectivity index (χ0n) is 11.0. The van der Waals surface area contributed by atoms with E-state index in [0.29, 0.717) is 22.6 Å². The fourth-order valence-electron chi connectivity index (χ4n) is 2.30. The molecule has 20 heavy (non-hydrogen) atoms. The molecule has 1 heterocycles. The van der Waals surface area contributed by atoms with E-state index in [-0.39, 0.29) is 5.78 Å². The first-order valence-electron chi connectivity index (χ1n) is 6.25. The predicted octanol–water partition coefficient (Wildman–Crippen LogP) is 2.99. The second-order valence-electron chi connectivity index (χ2n) is 4.54. The molecule has 0 atom stereocenters. The van der Waals surface area contributed by atoms with Gasteiger partial charge in [0.1, 0.15) is 5.75 Å².